The highest BCUT2D eigenvalue weighted by atomic mass is 35.5. The van der Waals surface area contributed by atoms with E-state index in [2.05, 4.69) is 5.32 Å². The highest BCUT2D eigenvalue weighted by Crippen LogP contribution is 2.35. The first kappa shape index (κ1) is 15.4. The molecule has 6 heteroatoms. The highest BCUT2D eigenvalue weighted by Gasteiger charge is 2.39. The van der Waals surface area contributed by atoms with E-state index in [0.717, 1.165) is 23.8 Å². The van der Waals surface area contributed by atoms with E-state index in [9.17, 15) is 13.2 Å². The van der Waals surface area contributed by atoms with Crippen molar-refractivity contribution in [3.05, 3.63) is 58.3 Å². The molecule has 2 heterocycles. The first-order chi connectivity index (χ1) is 10.4. The van der Waals surface area contributed by atoms with Gasteiger partial charge in [-0.05, 0) is 29.6 Å². The third-order valence-corrected chi connectivity index (χ3v) is 4.38. The summed E-state index contributed by atoms with van der Waals surface area (Å²) >= 11 is 6.02. The molecule has 0 radical (unpaired) electrons. The zero-order valence-corrected chi connectivity index (χ0v) is 12.6. The standard InChI is InChI=1S/C16H16ClF3N2/c17-15-10-22(16(18,19)20)9-12-7-13(21-8-14(12)15)6-11-4-2-1-3-5-11/h1-5,10,13,21H,6-9H2. The van der Waals surface area contributed by atoms with E-state index >= 15 is 0 Å². The summed E-state index contributed by atoms with van der Waals surface area (Å²) in [7, 11) is 0. The lowest BCUT2D eigenvalue weighted by Gasteiger charge is -2.36. The van der Waals surface area contributed by atoms with Gasteiger partial charge in [-0.1, -0.05) is 41.9 Å². The quantitative estimate of drug-likeness (QED) is 0.831. The summed E-state index contributed by atoms with van der Waals surface area (Å²) in [6, 6.07) is 10.1. The van der Waals surface area contributed by atoms with Crippen LogP contribution in [0.5, 0.6) is 0 Å². The number of nitrogens with one attached hydrogen (secondary N) is 1. The molecule has 2 aliphatic heterocycles. The van der Waals surface area contributed by atoms with Gasteiger partial charge >= 0.3 is 6.30 Å². The Hall–Kier alpha value is -1.46. The molecule has 0 fully saturated rings. The molecule has 2 aliphatic rings. The minimum Gasteiger partial charge on any atom is -0.309 e. The van der Waals surface area contributed by atoms with E-state index in [0.29, 0.717) is 17.9 Å². The monoisotopic (exact) mass is 328 g/mol. The Balaban J connectivity index is 1.73. The first-order valence-corrected chi connectivity index (χ1v) is 7.50. The summed E-state index contributed by atoms with van der Waals surface area (Å²) in [6.07, 6.45) is -2.02. The molecule has 1 aromatic rings. The van der Waals surface area contributed by atoms with Crippen LogP contribution in [0.3, 0.4) is 0 Å². The molecule has 0 amide bonds. The lowest BCUT2D eigenvalue weighted by molar-refractivity contribution is -0.225. The van der Waals surface area contributed by atoms with Crippen LogP contribution >= 0.6 is 11.6 Å². The fourth-order valence-electron chi connectivity index (χ4n) is 2.95. The molecule has 1 unspecified atom stereocenters. The molecule has 0 bridgehead atoms. The van der Waals surface area contributed by atoms with Crippen molar-refractivity contribution in [2.24, 2.45) is 0 Å². The molecule has 3 rings (SSSR count). The molecule has 1 atom stereocenters. The van der Waals surface area contributed by atoms with Crippen molar-refractivity contribution in [1.29, 1.82) is 0 Å². The zero-order chi connectivity index (χ0) is 15.7. The molecule has 0 aromatic heterocycles. The Morgan fingerprint density at radius 1 is 1.23 bits per heavy atom. The Bertz CT molecular complexity index is 608. The Morgan fingerprint density at radius 3 is 2.64 bits per heavy atom. The number of halogens is 4. The summed E-state index contributed by atoms with van der Waals surface area (Å²) in [4.78, 5) is 0.360. The van der Waals surface area contributed by atoms with Gasteiger partial charge in [-0.15, -0.1) is 0 Å². The lowest BCUT2D eigenvalue weighted by atomic mass is 9.90. The molecule has 22 heavy (non-hydrogen) atoms. The minimum atomic E-state index is -4.39. The van der Waals surface area contributed by atoms with Crippen LogP contribution < -0.4 is 5.32 Å². The van der Waals surface area contributed by atoms with E-state index in [-0.39, 0.29) is 17.6 Å². The number of hydrogen-bond donors (Lipinski definition) is 1. The van der Waals surface area contributed by atoms with Crippen molar-refractivity contribution < 1.29 is 13.2 Å². The van der Waals surface area contributed by atoms with Crippen LogP contribution in [0, 0.1) is 0 Å². The second-order valence-corrected chi connectivity index (χ2v) is 6.03. The van der Waals surface area contributed by atoms with E-state index in [1.807, 2.05) is 30.3 Å². The number of rotatable bonds is 2. The van der Waals surface area contributed by atoms with Gasteiger partial charge in [0.2, 0.25) is 0 Å². The van der Waals surface area contributed by atoms with Crippen molar-refractivity contribution in [2.45, 2.75) is 25.2 Å². The number of nitrogens with zero attached hydrogens (tertiary/aromatic N) is 1. The molecule has 2 nitrogen and oxygen atoms in total. The van der Waals surface area contributed by atoms with Gasteiger partial charge in [0, 0.05) is 25.3 Å². The van der Waals surface area contributed by atoms with E-state index in [1.165, 1.54) is 5.56 Å². The van der Waals surface area contributed by atoms with Crippen molar-refractivity contribution in [1.82, 2.24) is 10.2 Å². The number of alkyl halides is 3. The maximum absolute atomic E-state index is 12.9. The summed E-state index contributed by atoms with van der Waals surface area (Å²) in [6.45, 7) is 0.399. The summed E-state index contributed by atoms with van der Waals surface area (Å²) in [5, 5.41) is 3.55. The van der Waals surface area contributed by atoms with Crippen LogP contribution in [-0.4, -0.2) is 30.3 Å². The average molecular weight is 329 g/mol. The normalized spacial score (nSPS) is 22.5. The van der Waals surface area contributed by atoms with Crippen LogP contribution in [0.2, 0.25) is 0 Å². The van der Waals surface area contributed by atoms with Gasteiger partial charge in [-0.2, -0.15) is 13.2 Å². The molecule has 1 aromatic carbocycles. The SMILES string of the molecule is FC(F)(F)N1C=C(Cl)C2=C(CC(Cc3ccccc3)NC2)C1. The second-order valence-electron chi connectivity index (χ2n) is 5.63. The van der Waals surface area contributed by atoms with Crippen LogP contribution in [0.25, 0.3) is 0 Å². The van der Waals surface area contributed by atoms with Gasteiger partial charge in [0.25, 0.3) is 0 Å². The predicted octanol–water partition coefficient (Wildman–Crippen LogP) is 3.80. The molecular weight excluding hydrogens is 313 g/mol. The van der Waals surface area contributed by atoms with Gasteiger partial charge in [0.05, 0.1) is 5.03 Å². The Labute approximate surface area is 132 Å². The predicted molar refractivity (Wildman–Crippen MR) is 80.3 cm³/mol. The van der Waals surface area contributed by atoms with E-state index < -0.39 is 6.30 Å². The highest BCUT2D eigenvalue weighted by molar-refractivity contribution is 6.32. The van der Waals surface area contributed by atoms with Gasteiger partial charge in [0.15, 0.2) is 0 Å². The lowest BCUT2D eigenvalue weighted by Crippen LogP contribution is -2.44. The third kappa shape index (κ3) is 3.31. The van der Waals surface area contributed by atoms with Crippen LogP contribution in [-0.2, 0) is 6.42 Å². The Morgan fingerprint density at radius 2 is 1.95 bits per heavy atom. The fourth-order valence-corrected chi connectivity index (χ4v) is 3.27. The molecule has 0 spiro atoms. The topological polar surface area (TPSA) is 15.3 Å². The molecule has 0 aliphatic carbocycles. The second kappa shape index (κ2) is 5.97. The molecule has 1 N–H and O–H groups in total. The van der Waals surface area contributed by atoms with Crippen molar-refractivity contribution >= 4 is 11.6 Å². The summed E-state index contributed by atoms with van der Waals surface area (Å²) in [5.74, 6) is 0. The first-order valence-electron chi connectivity index (χ1n) is 7.13. The number of benzene rings is 1. The minimum absolute atomic E-state index is 0.123. The van der Waals surface area contributed by atoms with Gasteiger partial charge in [-0.3, -0.25) is 4.90 Å². The van der Waals surface area contributed by atoms with Gasteiger partial charge in [-0.25, -0.2) is 0 Å². The average Bonchev–Trinajstić information content (AvgIpc) is 2.47. The van der Waals surface area contributed by atoms with Crippen molar-refractivity contribution in [2.75, 3.05) is 13.1 Å². The third-order valence-electron chi connectivity index (χ3n) is 4.06. The fraction of sp³-hybridized carbons (Fsp3) is 0.375. The maximum atomic E-state index is 12.9. The van der Waals surface area contributed by atoms with Crippen molar-refractivity contribution in [3.8, 4) is 0 Å². The summed E-state index contributed by atoms with van der Waals surface area (Å²) in [5.41, 5.74) is 2.77. The van der Waals surface area contributed by atoms with Gasteiger partial charge in [0.1, 0.15) is 0 Å². The van der Waals surface area contributed by atoms with Crippen LogP contribution in [0.1, 0.15) is 12.0 Å². The largest absolute Gasteiger partial charge is 0.484 e. The van der Waals surface area contributed by atoms with E-state index in [4.69, 9.17) is 11.6 Å². The van der Waals surface area contributed by atoms with Crippen LogP contribution in [0.15, 0.2) is 52.7 Å². The van der Waals surface area contributed by atoms with E-state index in [1.54, 1.807) is 0 Å². The van der Waals surface area contributed by atoms with Crippen molar-refractivity contribution in [3.63, 3.8) is 0 Å². The molecule has 0 saturated carbocycles. The number of hydrogen-bond acceptors (Lipinski definition) is 2. The zero-order valence-electron chi connectivity index (χ0n) is 11.8. The summed E-state index contributed by atoms with van der Waals surface area (Å²) < 4.78 is 38.7. The molecule has 118 valence electrons. The molecular formula is C16H16ClF3N2. The van der Waals surface area contributed by atoms with Gasteiger partial charge < -0.3 is 5.32 Å². The maximum Gasteiger partial charge on any atom is 0.484 e. The van der Waals surface area contributed by atoms with Crippen LogP contribution in [0.4, 0.5) is 13.2 Å². The Kier molecular flexibility index (Phi) is 4.19. The smallest absolute Gasteiger partial charge is 0.309 e. The molecule has 0 saturated heterocycles.